The first-order valence-corrected chi connectivity index (χ1v) is 8.68. The molecule has 3 N–H and O–H groups in total. The summed E-state index contributed by atoms with van der Waals surface area (Å²) in [6, 6.07) is 18.2. The molecule has 0 aromatic heterocycles. The van der Waals surface area contributed by atoms with Crippen LogP contribution >= 0.6 is 0 Å². The molecule has 7 heteroatoms. The number of nitrogens with two attached hydrogens (primary N) is 1. The number of ether oxygens (including phenoxy) is 1. The zero-order valence-electron chi connectivity index (χ0n) is 14.6. The van der Waals surface area contributed by atoms with Crippen molar-refractivity contribution in [1.29, 1.82) is 5.26 Å². The van der Waals surface area contributed by atoms with Crippen molar-refractivity contribution in [1.82, 2.24) is 0 Å². The summed E-state index contributed by atoms with van der Waals surface area (Å²) in [5.74, 6) is -0.993. The Morgan fingerprint density at radius 1 is 1.11 bits per heavy atom. The van der Waals surface area contributed by atoms with Gasteiger partial charge in [0, 0.05) is 16.9 Å². The first kappa shape index (κ1) is 16.1. The van der Waals surface area contributed by atoms with Gasteiger partial charge in [0.05, 0.1) is 16.8 Å². The zero-order valence-corrected chi connectivity index (χ0v) is 14.6. The summed E-state index contributed by atoms with van der Waals surface area (Å²) in [5, 5.41) is 12.8. The first-order valence-electron chi connectivity index (χ1n) is 8.68. The molecule has 1 amide bonds. The molecule has 0 bridgehead atoms. The van der Waals surface area contributed by atoms with E-state index in [1.807, 2.05) is 30.3 Å². The predicted octanol–water partition coefficient (Wildman–Crippen LogP) is 1.90. The van der Waals surface area contributed by atoms with Crippen molar-refractivity contribution in [2.24, 2.45) is 5.73 Å². The molecule has 7 nitrogen and oxygen atoms in total. The van der Waals surface area contributed by atoms with Gasteiger partial charge < -0.3 is 15.8 Å². The molecule has 2 aromatic rings. The van der Waals surface area contributed by atoms with E-state index < -0.39 is 17.3 Å². The molecule has 0 saturated carbocycles. The Labute approximate surface area is 160 Å². The number of esters is 1. The average Bonchev–Trinajstić information content (AvgIpc) is 3.22. The second kappa shape index (κ2) is 5.47. The molecule has 0 unspecified atom stereocenters. The molecule has 136 valence electrons. The van der Waals surface area contributed by atoms with Gasteiger partial charge in [-0.2, -0.15) is 5.26 Å². The van der Waals surface area contributed by atoms with Crippen LogP contribution in [0, 0.1) is 11.3 Å². The zero-order chi connectivity index (χ0) is 19.5. The highest BCUT2D eigenvalue weighted by atomic mass is 16.5. The summed E-state index contributed by atoms with van der Waals surface area (Å²) in [7, 11) is 0. The summed E-state index contributed by atoms with van der Waals surface area (Å²) >= 11 is 0. The number of benzene rings is 2. The van der Waals surface area contributed by atoms with E-state index in [0.717, 1.165) is 0 Å². The van der Waals surface area contributed by atoms with Gasteiger partial charge in [0.2, 0.25) is 5.91 Å². The van der Waals surface area contributed by atoms with E-state index in [0.29, 0.717) is 22.6 Å². The quantitative estimate of drug-likeness (QED) is 0.742. The van der Waals surface area contributed by atoms with Crippen molar-refractivity contribution in [3.63, 3.8) is 0 Å². The van der Waals surface area contributed by atoms with E-state index >= 15 is 0 Å². The molecular weight excluding hydrogens is 356 g/mol. The van der Waals surface area contributed by atoms with Crippen LogP contribution in [0.25, 0.3) is 0 Å². The van der Waals surface area contributed by atoms with Gasteiger partial charge in [-0.05, 0) is 18.2 Å². The summed E-state index contributed by atoms with van der Waals surface area (Å²) in [4.78, 5) is 27.7. The van der Waals surface area contributed by atoms with Crippen molar-refractivity contribution in [2.45, 2.75) is 5.41 Å². The number of amides is 1. The molecule has 0 radical (unpaired) electrons. The van der Waals surface area contributed by atoms with Gasteiger partial charge in [0.25, 0.3) is 0 Å². The van der Waals surface area contributed by atoms with Crippen molar-refractivity contribution in [2.75, 3.05) is 16.8 Å². The number of cyclic esters (lactones) is 1. The Morgan fingerprint density at radius 3 is 2.57 bits per heavy atom. The van der Waals surface area contributed by atoms with E-state index in [2.05, 4.69) is 11.4 Å². The van der Waals surface area contributed by atoms with Gasteiger partial charge >= 0.3 is 5.97 Å². The van der Waals surface area contributed by atoms with Crippen molar-refractivity contribution >= 4 is 23.3 Å². The lowest BCUT2D eigenvalue weighted by Gasteiger charge is -2.38. The average molecular weight is 370 g/mol. The third-order valence-corrected chi connectivity index (χ3v) is 5.40. The van der Waals surface area contributed by atoms with Crippen LogP contribution in [0.1, 0.15) is 5.56 Å². The smallest absolute Gasteiger partial charge is 0.338 e. The Morgan fingerprint density at radius 2 is 1.82 bits per heavy atom. The van der Waals surface area contributed by atoms with Crippen LogP contribution in [0.4, 0.5) is 11.4 Å². The topological polar surface area (TPSA) is 108 Å². The normalized spacial score (nSPS) is 22.8. The number of hydrogen-bond acceptors (Lipinski definition) is 6. The fraction of sp³-hybridized carbons (Fsp3) is 0.0952. The van der Waals surface area contributed by atoms with Gasteiger partial charge in [-0.25, -0.2) is 4.79 Å². The van der Waals surface area contributed by atoms with Gasteiger partial charge in [0.1, 0.15) is 23.9 Å². The molecule has 28 heavy (non-hydrogen) atoms. The Hall–Kier alpha value is -4.05. The van der Waals surface area contributed by atoms with Crippen LogP contribution in [-0.4, -0.2) is 18.5 Å². The van der Waals surface area contributed by atoms with E-state index in [-0.39, 0.29) is 23.6 Å². The molecule has 3 aliphatic heterocycles. The van der Waals surface area contributed by atoms with Crippen molar-refractivity contribution < 1.29 is 14.3 Å². The number of anilines is 2. The monoisotopic (exact) mass is 370 g/mol. The number of nitrogens with zero attached hydrogens (tertiary/aromatic N) is 2. The molecule has 1 atom stereocenters. The minimum atomic E-state index is -1.61. The maximum Gasteiger partial charge on any atom is 0.338 e. The summed E-state index contributed by atoms with van der Waals surface area (Å²) in [6.07, 6.45) is 0. The largest absolute Gasteiger partial charge is 0.456 e. The fourth-order valence-electron chi connectivity index (χ4n) is 4.28. The number of rotatable bonds is 1. The summed E-state index contributed by atoms with van der Waals surface area (Å²) in [5.41, 5.74) is 7.22. The van der Waals surface area contributed by atoms with Gasteiger partial charge in [-0.1, -0.05) is 36.4 Å². The summed E-state index contributed by atoms with van der Waals surface area (Å²) < 4.78 is 5.32. The molecule has 5 rings (SSSR count). The SMILES string of the molecule is N#CC1=C(N)N(c2ccccc2)C2=C(C(=O)OC2)[C@]12C(=O)Nc1ccccc12. The molecule has 3 heterocycles. The Bertz CT molecular complexity index is 1160. The maximum atomic E-state index is 13.2. The lowest BCUT2D eigenvalue weighted by atomic mass is 9.67. The number of carbonyl (C=O) groups excluding carboxylic acids is 2. The fourth-order valence-corrected chi connectivity index (χ4v) is 4.28. The minimum absolute atomic E-state index is 0.0106. The number of hydrogen-bond donors (Lipinski definition) is 2. The highest BCUT2D eigenvalue weighted by Crippen LogP contribution is 2.54. The highest BCUT2D eigenvalue weighted by Gasteiger charge is 2.61. The number of fused-ring (bicyclic) bond motifs is 3. The van der Waals surface area contributed by atoms with E-state index in [9.17, 15) is 14.9 Å². The Kier molecular flexibility index (Phi) is 3.16. The van der Waals surface area contributed by atoms with Crippen LogP contribution in [0.15, 0.2) is 77.3 Å². The number of para-hydroxylation sites is 2. The molecular formula is C21H14N4O3. The maximum absolute atomic E-state index is 13.2. The number of nitrogens with one attached hydrogen (secondary N) is 1. The molecule has 0 aliphatic carbocycles. The van der Waals surface area contributed by atoms with E-state index in [1.54, 1.807) is 29.2 Å². The van der Waals surface area contributed by atoms with Crippen LogP contribution in [0.5, 0.6) is 0 Å². The molecule has 3 aliphatic rings. The van der Waals surface area contributed by atoms with Crippen LogP contribution in [-0.2, 0) is 19.7 Å². The van der Waals surface area contributed by atoms with Crippen LogP contribution in [0.2, 0.25) is 0 Å². The van der Waals surface area contributed by atoms with Crippen LogP contribution in [0.3, 0.4) is 0 Å². The third kappa shape index (κ3) is 1.76. The van der Waals surface area contributed by atoms with Gasteiger partial charge in [0.15, 0.2) is 0 Å². The first-order chi connectivity index (χ1) is 13.6. The van der Waals surface area contributed by atoms with Gasteiger partial charge in [-0.15, -0.1) is 0 Å². The highest BCUT2D eigenvalue weighted by molar-refractivity contribution is 6.18. The van der Waals surface area contributed by atoms with Crippen molar-refractivity contribution in [3.8, 4) is 6.07 Å². The Balaban J connectivity index is 1.88. The lowest BCUT2D eigenvalue weighted by molar-refractivity contribution is -0.137. The molecule has 1 spiro atoms. The molecule has 0 fully saturated rings. The van der Waals surface area contributed by atoms with E-state index in [1.165, 1.54) is 0 Å². The van der Waals surface area contributed by atoms with Crippen LogP contribution < -0.4 is 16.0 Å². The second-order valence-corrected chi connectivity index (χ2v) is 6.69. The number of carbonyl (C=O) groups is 2. The second-order valence-electron chi connectivity index (χ2n) is 6.69. The van der Waals surface area contributed by atoms with E-state index in [4.69, 9.17) is 10.5 Å². The number of nitriles is 1. The van der Waals surface area contributed by atoms with Gasteiger partial charge in [-0.3, -0.25) is 9.69 Å². The minimum Gasteiger partial charge on any atom is -0.456 e. The molecule has 2 aromatic carbocycles. The molecule has 0 saturated heterocycles. The predicted molar refractivity (Wildman–Crippen MR) is 100 cm³/mol. The standard InChI is InChI=1S/C21H14N4O3/c22-10-14-18(23)25(12-6-2-1-3-7-12)16-11-28-19(26)17(16)21(14)13-8-4-5-9-15(13)24-20(21)27/h1-9H,11,23H2,(H,24,27)/t21-/m1/s1. The lowest BCUT2D eigenvalue weighted by Crippen LogP contribution is -2.48. The summed E-state index contributed by atoms with van der Waals surface area (Å²) in [6.45, 7) is -0.0281. The third-order valence-electron chi connectivity index (χ3n) is 5.40. The van der Waals surface area contributed by atoms with Crippen molar-refractivity contribution in [3.05, 3.63) is 82.8 Å².